The Balaban J connectivity index is 2.31. The van der Waals surface area contributed by atoms with Gasteiger partial charge in [-0.2, -0.15) is 0 Å². The summed E-state index contributed by atoms with van der Waals surface area (Å²) in [5.74, 6) is -0.228. The summed E-state index contributed by atoms with van der Waals surface area (Å²) in [6.45, 7) is 3.00. The molecule has 4 nitrogen and oxygen atoms in total. The smallest absolute Gasteiger partial charge is 0.327 e. The number of nitrogens with one attached hydrogen (secondary N) is 1. The van der Waals surface area contributed by atoms with E-state index in [-0.39, 0.29) is 12.0 Å². The molecule has 4 heteroatoms. The van der Waals surface area contributed by atoms with Crippen molar-refractivity contribution < 1.29 is 9.53 Å². The molecular weight excluding hydrogens is 204 g/mol. The highest BCUT2D eigenvalue weighted by Gasteiger charge is 2.27. The van der Waals surface area contributed by atoms with Crippen molar-refractivity contribution in [1.82, 2.24) is 5.32 Å². The first-order chi connectivity index (χ1) is 7.72. The second kappa shape index (κ2) is 4.53. The highest BCUT2D eigenvalue weighted by atomic mass is 16.5. The Morgan fingerprint density at radius 1 is 1.62 bits per heavy atom. The molecule has 86 valence electrons. The molecule has 0 radical (unpaired) electrons. The van der Waals surface area contributed by atoms with Crippen molar-refractivity contribution in [3.63, 3.8) is 0 Å². The number of fused-ring (bicyclic) bond motifs is 1. The minimum absolute atomic E-state index is 0.228. The fourth-order valence-corrected chi connectivity index (χ4v) is 2.01. The lowest BCUT2D eigenvalue weighted by Crippen LogP contribution is -2.36. The van der Waals surface area contributed by atoms with Gasteiger partial charge in [0, 0.05) is 12.2 Å². The van der Waals surface area contributed by atoms with Crippen molar-refractivity contribution in [3.05, 3.63) is 29.3 Å². The summed E-state index contributed by atoms with van der Waals surface area (Å²) >= 11 is 0. The summed E-state index contributed by atoms with van der Waals surface area (Å²) in [7, 11) is 0. The van der Waals surface area contributed by atoms with Crippen molar-refractivity contribution in [3.8, 4) is 0 Å². The topological polar surface area (TPSA) is 64.3 Å². The maximum absolute atomic E-state index is 11.7. The van der Waals surface area contributed by atoms with E-state index in [9.17, 15) is 4.79 Å². The van der Waals surface area contributed by atoms with Crippen LogP contribution in [0.1, 0.15) is 24.1 Å². The number of carbonyl (C=O) groups is 1. The summed E-state index contributed by atoms with van der Waals surface area (Å²) in [6, 6.07) is 5.33. The van der Waals surface area contributed by atoms with Gasteiger partial charge in [-0.15, -0.1) is 0 Å². The van der Waals surface area contributed by atoms with Crippen LogP contribution in [0.25, 0.3) is 0 Å². The Bertz CT molecular complexity index is 404. The summed E-state index contributed by atoms with van der Waals surface area (Å²) in [5, 5.41) is 3.16. The molecule has 0 aromatic heterocycles. The van der Waals surface area contributed by atoms with Gasteiger partial charge >= 0.3 is 5.97 Å². The Hall–Kier alpha value is -1.55. The van der Waals surface area contributed by atoms with E-state index < -0.39 is 0 Å². The standard InChI is InChI=1S/C12H16N2O2/c1-2-16-12(15)11-10-7-9(13)4-3-8(10)5-6-14-11/h3-4,7,11,14H,2,5-6,13H2,1H3. The van der Waals surface area contributed by atoms with E-state index in [0.717, 1.165) is 18.5 Å². The van der Waals surface area contributed by atoms with Crippen LogP contribution in [0.15, 0.2) is 18.2 Å². The number of esters is 1. The minimum atomic E-state index is -0.368. The SMILES string of the molecule is CCOC(=O)C1NCCc2ccc(N)cc21. The van der Waals surface area contributed by atoms with Gasteiger partial charge in [-0.05, 0) is 36.6 Å². The van der Waals surface area contributed by atoms with Crippen LogP contribution in [0.3, 0.4) is 0 Å². The number of hydrogen-bond acceptors (Lipinski definition) is 4. The molecule has 0 amide bonds. The monoisotopic (exact) mass is 220 g/mol. The zero-order valence-corrected chi connectivity index (χ0v) is 9.32. The molecule has 1 atom stereocenters. The predicted octanol–water partition coefficient (Wildman–Crippen LogP) is 1.02. The zero-order valence-electron chi connectivity index (χ0n) is 9.32. The van der Waals surface area contributed by atoms with E-state index in [1.54, 1.807) is 6.92 Å². The number of anilines is 1. The van der Waals surface area contributed by atoms with Crippen molar-refractivity contribution in [2.75, 3.05) is 18.9 Å². The van der Waals surface area contributed by atoms with Crippen molar-refractivity contribution in [2.45, 2.75) is 19.4 Å². The van der Waals surface area contributed by atoms with E-state index in [2.05, 4.69) is 5.32 Å². The number of nitrogens with two attached hydrogens (primary N) is 1. The molecule has 0 saturated carbocycles. The van der Waals surface area contributed by atoms with E-state index in [0.29, 0.717) is 12.3 Å². The summed E-state index contributed by atoms with van der Waals surface area (Å²) in [5.41, 5.74) is 8.54. The maximum Gasteiger partial charge on any atom is 0.327 e. The Labute approximate surface area is 94.8 Å². The first kappa shape index (κ1) is 11.0. The van der Waals surface area contributed by atoms with Crippen LogP contribution < -0.4 is 11.1 Å². The van der Waals surface area contributed by atoms with Gasteiger partial charge in [-0.3, -0.25) is 0 Å². The molecule has 2 rings (SSSR count). The quantitative estimate of drug-likeness (QED) is 0.577. The number of carbonyl (C=O) groups excluding carboxylic acids is 1. The number of rotatable bonds is 2. The average molecular weight is 220 g/mol. The Morgan fingerprint density at radius 3 is 3.19 bits per heavy atom. The predicted molar refractivity (Wildman–Crippen MR) is 61.9 cm³/mol. The number of hydrogen-bond donors (Lipinski definition) is 2. The molecule has 0 saturated heterocycles. The normalized spacial score (nSPS) is 18.9. The lowest BCUT2D eigenvalue weighted by atomic mass is 9.94. The zero-order chi connectivity index (χ0) is 11.5. The third-order valence-electron chi connectivity index (χ3n) is 2.75. The van der Waals surface area contributed by atoms with Gasteiger partial charge < -0.3 is 15.8 Å². The van der Waals surface area contributed by atoms with Gasteiger partial charge in [0.15, 0.2) is 0 Å². The third-order valence-corrected chi connectivity index (χ3v) is 2.75. The van der Waals surface area contributed by atoms with Crippen LogP contribution in [-0.2, 0) is 16.0 Å². The van der Waals surface area contributed by atoms with Crippen LogP contribution in [0.2, 0.25) is 0 Å². The molecule has 0 bridgehead atoms. The highest BCUT2D eigenvalue weighted by Crippen LogP contribution is 2.25. The van der Waals surface area contributed by atoms with Crippen molar-refractivity contribution in [1.29, 1.82) is 0 Å². The van der Waals surface area contributed by atoms with Gasteiger partial charge in [0.25, 0.3) is 0 Å². The van der Waals surface area contributed by atoms with Crippen LogP contribution in [-0.4, -0.2) is 19.1 Å². The first-order valence-electron chi connectivity index (χ1n) is 5.50. The molecule has 0 fully saturated rings. The molecule has 1 aliphatic heterocycles. The van der Waals surface area contributed by atoms with Gasteiger partial charge in [-0.1, -0.05) is 6.07 Å². The summed E-state index contributed by atoms with van der Waals surface area (Å²) < 4.78 is 5.04. The van der Waals surface area contributed by atoms with Crippen LogP contribution in [0, 0.1) is 0 Å². The average Bonchev–Trinajstić information content (AvgIpc) is 2.28. The van der Waals surface area contributed by atoms with Gasteiger partial charge in [0.05, 0.1) is 6.61 Å². The van der Waals surface area contributed by atoms with Crippen molar-refractivity contribution in [2.24, 2.45) is 0 Å². The van der Waals surface area contributed by atoms with E-state index in [1.165, 1.54) is 5.56 Å². The first-order valence-corrected chi connectivity index (χ1v) is 5.50. The Kier molecular flexibility index (Phi) is 3.10. The van der Waals surface area contributed by atoms with Crippen molar-refractivity contribution >= 4 is 11.7 Å². The Morgan fingerprint density at radius 2 is 2.44 bits per heavy atom. The van der Waals surface area contributed by atoms with E-state index in [1.807, 2.05) is 18.2 Å². The number of nitrogen functional groups attached to an aromatic ring is 1. The number of benzene rings is 1. The largest absolute Gasteiger partial charge is 0.465 e. The molecule has 1 aliphatic rings. The third kappa shape index (κ3) is 2.02. The van der Waals surface area contributed by atoms with E-state index in [4.69, 9.17) is 10.5 Å². The molecule has 1 aromatic carbocycles. The van der Waals surface area contributed by atoms with Crippen LogP contribution in [0.4, 0.5) is 5.69 Å². The second-order valence-corrected chi connectivity index (χ2v) is 3.85. The molecule has 1 aromatic rings. The molecule has 3 N–H and O–H groups in total. The second-order valence-electron chi connectivity index (χ2n) is 3.85. The molecule has 16 heavy (non-hydrogen) atoms. The molecule has 0 aliphatic carbocycles. The molecule has 1 heterocycles. The number of ether oxygens (including phenoxy) is 1. The van der Waals surface area contributed by atoms with Gasteiger partial charge in [-0.25, -0.2) is 4.79 Å². The summed E-state index contributed by atoms with van der Waals surface area (Å²) in [4.78, 5) is 11.7. The molecule has 1 unspecified atom stereocenters. The maximum atomic E-state index is 11.7. The van der Waals surface area contributed by atoms with Crippen LogP contribution >= 0.6 is 0 Å². The van der Waals surface area contributed by atoms with Crippen LogP contribution in [0.5, 0.6) is 0 Å². The molecule has 0 spiro atoms. The summed E-state index contributed by atoms with van der Waals surface area (Å²) in [6.07, 6.45) is 0.922. The minimum Gasteiger partial charge on any atom is -0.465 e. The lowest BCUT2D eigenvalue weighted by molar-refractivity contribution is -0.146. The fourth-order valence-electron chi connectivity index (χ4n) is 2.01. The lowest BCUT2D eigenvalue weighted by Gasteiger charge is -2.25. The van der Waals surface area contributed by atoms with Gasteiger partial charge in [0.1, 0.15) is 6.04 Å². The highest BCUT2D eigenvalue weighted by molar-refractivity contribution is 5.79. The van der Waals surface area contributed by atoms with Gasteiger partial charge in [0.2, 0.25) is 0 Å². The van der Waals surface area contributed by atoms with E-state index >= 15 is 0 Å². The fraction of sp³-hybridized carbons (Fsp3) is 0.417. The molecular formula is C12H16N2O2.